The maximum Gasteiger partial charge on any atom is 0.299 e. The summed E-state index contributed by atoms with van der Waals surface area (Å²) in [6.45, 7) is 1.09. The van der Waals surface area contributed by atoms with Crippen LogP contribution in [0.1, 0.15) is 5.56 Å². The number of nitro groups is 2. The van der Waals surface area contributed by atoms with Crippen molar-refractivity contribution in [3.8, 4) is 0 Å². The van der Waals surface area contributed by atoms with Gasteiger partial charge in [-0.1, -0.05) is 0 Å². The lowest BCUT2D eigenvalue weighted by molar-refractivity contribution is -0.397. The Morgan fingerprint density at radius 2 is 1.71 bits per heavy atom. The summed E-state index contributed by atoms with van der Waals surface area (Å²) >= 11 is 0. The van der Waals surface area contributed by atoms with Crippen LogP contribution < -0.4 is 5.14 Å². The lowest BCUT2D eigenvalue weighted by atomic mass is 10.1. The van der Waals surface area contributed by atoms with Gasteiger partial charge in [0.05, 0.1) is 9.85 Å². The van der Waals surface area contributed by atoms with E-state index in [0.29, 0.717) is 0 Å². The minimum absolute atomic E-state index is 0.355. The van der Waals surface area contributed by atoms with Gasteiger partial charge in [0.2, 0.25) is 10.0 Å². The molecule has 0 bridgehead atoms. The zero-order chi connectivity index (χ0) is 13.4. The summed E-state index contributed by atoms with van der Waals surface area (Å²) in [5.41, 5.74) is -1.77. The van der Waals surface area contributed by atoms with Crippen molar-refractivity contribution in [1.29, 1.82) is 0 Å². The predicted molar refractivity (Wildman–Crippen MR) is 55.9 cm³/mol. The Morgan fingerprint density at radius 1 is 1.18 bits per heavy atom. The molecule has 1 rings (SSSR count). The van der Waals surface area contributed by atoms with Crippen molar-refractivity contribution in [3.05, 3.63) is 37.9 Å². The Bertz CT molecular complexity index is 608. The van der Waals surface area contributed by atoms with Gasteiger partial charge < -0.3 is 0 Å². The van der Waals surface area contributed by atoms with Crippen LogP contribution in [0.2, 0.25) is 0 Å². The third kappa shape index (κ3) is 2.37. The minimum atomic E-state index is -4.31. The summed E-state index contributed by atoms with van der Waals surface area (Å²) in [5.74, 6) is 0. The number of hydrogen-bond acceptors (Lipinski definition) is 6. The van der Waals surface area contributed by atoms with Crippen LogP contribution in [0.3, 0.4) is 0 Å². The molecule has 10 heteroatoms. The molecule has 0 radical (unpaired) electrons. The van der Waals surface area contributed by atoms with Gasteiger partial charge in [-0.05, 0) is 13.0 Å². The Balaban J connectivity index is 3.75. The predicted octanol–water partition coefficient (Wildman–Crippen LogP) is 0.459. The van der Waals surface area contributed by atoms with Crippen LogP contribution in [0, 0.1) is 27.2 Å². The van der Waals surface area contributed by atoms with Gasteiger partial charge in [-0.2, -0.15) is 0 Å². The normalized spacial score (nSPS) is 11.2. The van der Waals surface area contributed by atoms with E-state index in [2.05, 4.69) is 0 Å². The molecule has 92 valence electrons. The highest BCUT2D eigenvalue weighted by atomic mass is 32.2. The van der Waals surface area contributed by atoms with E-state index in [1.807, 2.05) is 0 Å². The lowest BCUT2D eigenvalue weighted by Crippen LogP contribution is -2.15. The molecule has 1 aromatic carbocycles. The van der Waals surface area contributed by atoms with Gasteiger partial charge in [0.15, 0.2) is 4.90 Å². The fourth-order valence-electron chi connectivity index (χ4n) is 1.32. The Labute approximate surface area is 95.2 Å². The minimum Gasteiger partial charge on any atom is -0.258 e. The van der Waals surface area contributed by atoms with E-state index in [0.717, 1.165) is 19.1 Å². The fraction of sp³-hybridized carbons (Fsp3) is 0.143. The number of sulfonamides is 1. The SMILES string of the molecule is Cc1c([N+](=O)[O-])ccc(S(N)(=O)=O)c1[N+](=O)[O-]. The first kappa shape index (κ1) is 13.0. The third-order valence-electron chi connectivity index (χ3n) is 2.05. The van der Waals surface area contributed by atoms with Crippen LogP contribution in [0.25, 0.3) is 0 Å². The van der Waals surface area contributed by atoms with E-state index in [4.69, 9.17) is 5.14 Å². The molecule has 0 saturated carbocycles. The number of hydrogen-bond donors (Lipinski definition) is 1. The van der Waals surface area contributed by atoms with Crippen molar-refractivity contribution in [2.75, 3.05) is 0 Å². The van der Waals surface area contributed by atoms with Crippen molar-refractivity contribution < 1.29 is 18.3 Å². The van der Waals surface area contributed by atoms with E-state index in [9.17, 15) is 28.6 Å². The quantitative estimate of drug-likeness (QED) is 0.617. The monoisotopic (exact) mass is 261 g/mol. The molecular weight excluding hydrogens is 254 g/mol. The molecule has 9 nitrogen and oxygen atoms in total. The van der Waals surface area contributed by atoms with Crippen LogP contribution in [0.5, 0.6) is 0 Å². The number of rotatable bonds is 3. The Morgan fingerprint density at radius 3 is 2.06 bits per heavy atom. The molecule has 0 amide bonds. The van der Waals surface area contributed by atoms with E-state index in [1.165, 1.54) is 0 Å². The lowest BCUT2D eigenvalue weighted by Gasteiger charge is -2.03. The van der Waals surface area contributed by atoms with Crippen molar-refractivity contribution in [1.82, 2.24) is 0 Å². The van der Waals surface area contributed by atoms with Crippen molar-refractivity contribution >= 4 is 21.4 Å². The van der Waals surface area contributed by atoms with Crippen LogP contribution in [-0.4, -0.2) is 18.3 Å². The first-order valence-electron chi connectivity index (χ1n) is 4.11. The fourth-order valence-corrected chi connectivity index (χ4v) is 2.07. The first-order chi connectivity index (χ1) is 7.66. The standard InChI is InChI=1S/C7H7N3O6S/c1-4-5(9(11)12)2-3-6(17(8,15)16)7(4)10(13)14/h2-3H,1H3,(H2,8,15,16). The van der Waals surface area contributed by atoms with Gasteiger partial charge in [0.1, 0.15) is 5.56 Å². The maximum atomic E-state index is 11.1. The zero-order valence-corrected chi connectivity index (χ0v) is 9.30. The molecule has 1 aromatic rings. The Hall–Kier alpha value is -2.07. The van der Waals surface area contributed by atoms with Gasteiger partial charge in [-0.25, -0.2) is 13.6 Å². The summed E-state index contributed by atoms with van der Waals surface area (Å²) in [6.07, 6.45) is 0. The number of primary sulfonamides is 1. The summed E-state index contributed by atoms with van der Waals surface area (Å²) in [4.78, 5) is 18.7. The highest BCUT2D eigenvalue weighted by molar-refractivity contribution is 7.89. The summed E-state index contributed by atoms with van der Waals surface area (Å²) in [6, 6.07) is 1.61. The topological polar surface area (TPSA) is 146 Å². The Kier molecular flexibility index (Phi) is 3.11. The van der Waals surface area contributed by atoms with Crippen LogP contribution in [0.15, 0.2) is 17.0 Å². The highest BCUT2D eigenvalue weighted by Gasteiger charge is 2.30. The molecule has 0 aromatic heterocycles. The average Bonchev–Trinajstić information content (AvgIpc) is 2.14. The summed E-state index contributed by atoms with van der Waals surface area (Å²) in [5, 5.41) is 26.1. The second kappa shape index (κ2) is 4.07. The molecule has 0 aliphatic carbocycles. The maximum absolute atomic E-state index is 11.1. The van der Waals surface area contributed by atoms with E-state index in [1.54, 1.807) is 0 Å². The third-order valence-corrected chi connectivity index (χ3v) is 2.99. The van der Waals surface area contributed by atoms with Crippen LogP contribution >= 0.6 is 0 Å². The second-order valence-corrected chi connectivity index (χ2v) is 4.65. The molecule has 0 atom stereocenters. The number of nitrogens with two attached hydrogens (primary N) is 1. The molecule has 0 spiro atoms. The molecule has 0 aliphatic rings. The van der Waals surface area contributed by atoms with Crippen molar-refractivity contribution in [2.45, 2.75) is 11.8 Å². The highest BCUT2D eigenvalue weighted by Crippen LogP contribution is 2.32. The summed E-state index contributed by atoms with van der Waals surface area (Å²) in [7, 11) is -4.31. The zero-order valence-electron chi connectivity index (χ0n) is 8.48. The van der Waals surface area contributed by atoms with Crippen LogP contribution in [-0.2, 0) is 10.0 Å². The number of nitrogens with zero attached hydrogens (tertiary/aromatic N) is 2. The molecule has 17 heavy (non-hydrogen) atoms. The molecule has 0 unspecified atom stereocenters. The summed E-state index contributed by atoms with van der Waals surface area (Å²) < 4.78 is 22.2. The smallest absolute Gasteiger partial charge is 0.258 e. The van der Waals surface area contributed by atoms with Gasteiger partial charge in [0.25, 0.3) is 11.4 Å². The van der Waals surface area contributed by atoms with Crippen molar-refractivity contribution in [3.63, 3.8) is 0 Å². The molecule has 2 N–H and O–H groups in total. The van der Waals surface area contributed by atoms with Gasteiger partial charge in [0, 0.05) is 6.07 Å². The molecule has 0 fully saturated rings. The first-order valence-corrected chi connectivity index (χ1v) is 5.66. The molecule has 0 aliphatic heterocycles. The van der Waals surface area contributed by atoms with E-state index >= 15 is 0 Å². The van der Waals surface area contributed by atoms with Gasteiger partial charge in [-0.15, -0.1) is 0 Å². The number of nitro benzene ring substituents is 2. The van der Waals surface area contributed by atoms with Gasteiger partial charge in [-0.3, -0.25) is 20.2 Å². The van der Waals surface area contributed by atoms with Gasteiger partial charge >= 0.3 is 0 Å². The average molecular weight is 261 g/mol. The molecule has 0 saturated heterocycles. The van der Waals surface area contributed by atoms with Crippen molar-refractivity contribution in [2.24, 2.45) is 5.14 Å². The largest absolute Gasteiger partial charge is 0.299 e. The van der Waals surface area contributed by atoms with Crippen LogP contribution in [0.4, 0.5) is 11.4 Å². The van der Waals surface area contributed by atoms with E-state index in [-0.39, 0.29) is 5.56 Å². The number of benzene rings is 1. The molecular formula is C7H7N3O6S. The van der Waals surface area contributed by atoms with E-state index < -0.39 is 36.1 Å². The second-order valence-electron chi connectivity index (χ2n) is 3.12. The molecule has 0 heterocycles.